The Morgan fingerprint density at radius 3 is 2.55 bits per heavy atom. The summed E-state index contributed by atoms with van der Waals surface area (Å²) in [5.74, 6) is 0.126. The number of halogens is 3. The zero-order valence-corrected chi connectivity index (χ0v) is 20.5. The van der Waals surface area contributed by atoms with Gasteiger partial charge in [0.1, 0.15) is 18.2 Å². The largest absolute Gasteiger partial charge is 0.416 e. The van der Waals surface area contributed by atoms with Gasteiger partial charge >= 0.3 is 6.18 Å². The Hall–Kier alpha value is -3.35. The van der Waals surface area contributed by atoms with E-state index in [9.17, 15) is 18.0 Å². The molecule has 3 fully saturated rings. The molecule has 3 aliphatic heterocycles. The van der Waals surface area contributed by atoms with Gasteiger partial charge in [0, 0.05) is 17.7 Å². The smallest absolute Gasteiger partial charge is 0.371 e. The van der Waals surface area contributed by atoms with E-state index in [1.54, 1.807) is 4.68 Å². The lowest BCUT2D eigenvalue weighted by atomic mass is 10.0. The van der Waals surface area contributed by atoms with E-state index in [2.05, 4.69) is 37.9 Å². The lowest BCUT2D eigenvalue weighted by Gasteiger charge is -2.19. The van der Waals surface area contributed by atoms with Crippen LogP contribution in [0, 0.1) is 0 Å². The number of rotatable bonds is 6. The fourth-order valence-electron chi connectivity index (χ4n) is 5.49. The van der Waals surface area contributed by atoms with E-state index in [1.807, 2.05) is 12.1 Å². The molecule has 0 unspecified atom stereocenters. The number of nitrogens with zero attached hydrogens (tertiary/aromatic N) is 5. The Morgan fingerprint density at radius 1 is 1.03 bits per heavy atom. The maximum Gasteiger partial charge on any atom is 0.416 e. The van der Waals surface area contributed by atoms with E-state index in [4.69, 9.17) is 9.47 Å². The maximum absolute atomic E-state index is 12.8. The molecule has 3 aromatic rings. The predicted molar refractivity (Wildman–Crippen MR) is 129 cm³/mol. The van der Waals surface area contributed by atoms with Crippen molar-refractivity contribution in [3.05, 3.63) is 65.2 Å². The molecule has 0 aliphatic carbocycles. The highest BCUT2D eigenvalue weighted by molar-refractivity contribution is 5.94. The van der Waals surface area contributed by atoms with E-state index in [-0.39, 0.29) is 24.3 Å². The highest BCUT2D eigenvalue weighted by Gasteiger charge is 2.50. The highest BCUT2D eigenvalue weighted by atomic mass is 19.4. The minimum Gasteiger partial charge on any atom is -0.371 e. The number of likely N-dealkylation sites (tertiary alicyclic amines) is 1. The summed E-state index contributed by atoms with van der Waals surface area (Å²) in [6, 6.07) is 11.6. The number of hydrogen-bond donors (Lipinski definition) is 1. The van der Waals surface area contributed by atoms with Gasteiger partial charge < -0.3 is 14.8 Å². The first-order valence-electron chi connectivity index (χ1n) is 12.7. The van der Waals surface area contributed by atoms with Crippen LogP contribution in [0.5, 0.6) is 0 Å². The summed E-state index contributed by atoms with van der Waals surface area (Å²) in [4.78, 5) is 15.1. The van der Waals surface area contributed by atoms with Crippen LogP contribution >= 0.6 is 0 Å². The van der Waals surface area contributed by atoms with Crippen molar-refractivity contribution in [3.63, 3.8) is 0 Å². The van der Waals surface area contributed by atoms with Gasteiger partial charge in [-0.25, -0.2) is 4.68 Å². The monoisotopic (exact) mass is 528 g/mol. The quantitative estimate of drug-likeness (QED) is 0.526. The molecule has 38 heavy (non-hydrogen) atoms. The number of benzene rings is 2. The van der Waals surface area contributed by atoms with E-state index in [0.29, 0.717) is 12.4 Å². The molecule has 4 atom stereocenters. The van der Waals surface area contributed by atoms with Crippen LogP contribution in [0.25, 0.3) is 11.4 Å². The molecular weight excluding hydrogens is 501 g/mol. The van der Waals surface area contributed by atoms with Gasteiger partial charge in [0.05, 0.1) is 24.8 Å². The number of carbonyl (C=O) groups excluding carboxylic acids is 1. The van der Waals surface area contributed by atoms with Gasteiger partial charge in [-0.15, -0.1) is 5.10 Å². The van der Waals surface area contributed by atoms with E-state index < -0.39 is 29.8 Å². The lowest BCUT2D eigenvalue weighted by Crippen LogP contribution is -2.44. The molecular formula is C26H27F3N6O3. The van der Waals surface area contributed by atoms with Gasteiger partial charge in [0.15, 0.2) is 5.82 Å². The summed E-state index contributed by atoms with van der Waals surface area (Å²) < 4.78 is 52.3. The average Bonchev–Trinajstić information content (AvgIpc) is 3.70. The van der Waals surface area contributed by atoms with Crippen LogP contribution in [-0.4, -0.2) is 75.6 Å². The van der Waals surface area contributed by atoms with Crippen molar-refractivity contribution in [1.82, 2.24) is 30.4 Å². The van der Waals surface area contributed by atoms with Gasteiger partial charge in [-0.05, 0) is 72.3 Å². The first kappa shape index (κ1) is 25.0. The second-order valence-electron chi connectivity index (χ2n) is 9.95. The van der Waals surface area contributed by atoms with Gasteiger partial charge in [-0.1, -0.05) is 18.2 Å². The first-order chi connectivity index (χ1) is 18.4. The van der Waals surface area contributed by atoms with Crippen LogP contribution in [-0.2, 0) is 22.2 Å². The van der Waals surface area contributed by atoms with Gasteiger partial charge in [0.2, 0.25) is 0 Å². The van der Waals surface area contributed by atoms with Crippen molar-refractivity contribution in [2.75, 3.05) is 26.3 Å². The number of fused-ring (bicyclic) bond motifs is 1. The Bertz CT molecular complexity index is 1290. The highest BCUT2D eigenvalue weighted by Crippen LogP contribution is 2.36. The summed E-state index contributed by atoms with van der Waals surface area (Å²) in [6.07, 6.45) is -2.82. The number of hydrogen-bond acceptors (Lipinski definition) is 7. The molecule has 0 spiro atoms. The maximum atomic E-state index is 12.8. The number of carbonyl (C=O) groups is 1. The van der Waals surface area contributed by atoms with Crippen molar-refractivity contribution in [3.8, 4) is 11.4 Å². The van der Waals surface area contributed by atoms with Crippen molar-refractivity contribution >= 4 is 5.91 Å². The molecule has 2 aromatic carbocycles. The molecule has 4 heterocycles. The van der Waals surface area contributed by atoms with Crippen molar-refractivity contribution in [2.45, 2.75) is 49.9 Å². The average molecular weight is 529 g/mol. The number of tetrazole rings is 1. The first-order valence-corrected chi connectivity index (χ1v) is 12.7. The zero-order chi connectivity index (χ0) is 26.3. The molecule has 12 heteroatoms. The minimum absolute atomic E-state index is 0.132. The number of aromatic nitrogens is 4. The molecule has 200 valence electrons. The van der Waals surface area contributed by atoms with Crippen molar-refractivity contribution < 1.29 is 27.4 Å². The Balaban J connectivity index is 1.14. The third-order valence-corrected chi connectivity index (χ3v) is 7.42. The molecule has 1 amide bonds. The molecule has 0 radical (unpaired) electrons. The fraction of sp³-hybridized carbons (Fsp3) is 0.462. The van der Waals surface area contributed by atoms with Crippen molar-refractivity contribution in [2.24, 2.45) is 0 Å². The molecule has 3 saturated heterocycles. The molecule has 1 aromatic heterocycles. The second-order valence-corrected chi connectivity index (χ2v) is 9.95. The van der Waals surface area contributed by atoms with Crippen LogP contribution < -0.4 is 5.32 Å². The zero-order valence-electron chi connectivity index (χ0n) is 20.5. The summed E-state index contributed by atoms with van der Waals surface area (Å²) >= 11 is 0. The standard InChI is InChI=1S/C26H27F3N6O3/c27-26(28,29)19-8-6-17(7-9-19)25(36)30-20-14-37-23-21(15-38-22(20)23)35-24(31-32-33-35)18-5-3-4-16(12-18)13-34-10-1-2-11-34/h3-9,12,20-23H,1-2,10-11,13-15H2,(H,30,36)/t20-,21-,22+,23+/m0/s1. The molecule has 0 saturated carbocycles. The summed E-state index contributed by atoms with van der Waals surface area (Å²) in [5.41, 5.74) is 1.43. The Morgan fingerprint density at radius 2 is 1.79 bits per heavy atom. The number of amides is 1. The van der Waals surface area contributed by atoms with Gasteiger partial charge in [0.25, 0.3) is 5.91 Å². The van der Waals surface area contributed by atoms with Crippen LogP contribution in [0.15, 0.2) is 48.5 Å². The lowest BCUT2D eigenvalue weighted by molar-refractivity contribution is -0.137. The molecule has 1 N–H and O–H groups in total. The third-order valence-electron chi connectivity index (χ3n) is 7.42. The van der Waals surface area contributed by atoms with Gasteiger partial charge in [-0.2, -0.15) is 13.2 Å². The number of nitrogens with one attached hydrogen (secondary N) is 1. The summed E-state index contributed by atoms with van der Waals surface area (Å²) in [6.45, 7) is 3.61. The summed E-state index contributed by atoms with van der Waals surface area (Å²) in [5, 5.41) is 15.3. The van der Waals surface area contributed by atoms with Crippen LogP contribution in [0.3, 0.4) is 0 Å². The Kier molecular flexibility index (Phi) is 6.62. The van der Waals surface area contributed by atoms with Crippen LogP contribution in [0.1, 0.15) is 40.4 Å². The number of alkyl halides is 3. The number of ether oxygens (including phenoxy) is 2. The van der Waals surface area contributed by atoms with Crippen LogP contribution in [0.4, 0.5) is 13.2 Å². The topological polar surface area (TPSA) is 94.4 Å². The molecule has 3 aliphatic rings. The van der Waals surface area contributed by atoms with E-state index in [0.717, 1.165) is 49.5 Å². The van der Waals surface area contributed by atoms with E-state index in [1.165, 1.54) is 18.4 Å². The minimum atomic E-state index is -4.46. The van der Waals surface area contributed by atoms with Gasteiger partial charge in [-0.3, -0.25) is 9.69 Å². The normalized spacial score (nSPS) is 25.6. The third kappa shape index (κ3) is 4.91. The molecule has 0 bridgehead atoms. The molecule has 9 nitrogen and oxygen atoms in total. The summed E-state index contributed by atoms with van der Waals surface area (Å²) in [7, 11) is 0. The van der Waals surface area contributed by atoms with E-state index >= 15 is 0 Å². The Labute approximate surface area is 216 Å². The molecule has 6 rings (SSSR count). The fourth-order valence-corrected chi connectivity index (χ4v) is 5.49. The van der Waals surface area contributed by atoms with Crippen molar-refractivity contribution in [1.29, 1.82) is 0 Å². The predicted octanol–water partition coefficient (Wildman–Crippen LogP) is 3.09. The second kappa shape index (κ2) is 10.1. The van der Waals surface area contributed by atoms with Crippen LogP contribution in [0.2, 0.25) is 0 Å². The SMILES string of the molecule is O=C(N[C@H]1CO[C@H]2[C@@H]1OC[C@@H]2n1nnnc1-c1cccc(CN2CCCC2)c1)c1ccc(C(F)(F)F)cc1.